The second kappa shape index (κ2) is 2.60. The summed E-state index contributed by atoms with van der Waals surface area (Å²) in [5.41, 5.74) is 7.67. The van der Waals surface area contributed by atoms with Crippen LogP contribution in [0.15, 0.2) is 29.1 Å². The fourth-order valence-corrected chi connectivity index (χ4v) is 1.73. The third kappa shape index (κ3) is 0.969. The number of carbonyl (C=O) groups is 1. The van der Waals surface area contributed by atoms with Gasteiger partial charge in [-0.2, -0.15) is 0 Å². The Kier molecular flexibility index (Phi) is 1.39. The van der Waals surface area contributed by atoms with Crippen LogP contribution in [0.5, 0.6) is 0 Å². The first kappa shape index (κ1) is 8.05. The van der Waals surface area contributed by atoms with Gasteiger partial charge in [0.1, 0.15) is 5.58 Å². The van der Waals surface area contributed by atoms with Crippen molar-refractivity contribution in [2.45, 2.75) is 0 Å². The smallest absolute Gasteiger partial charge is 0.252 e. The minimum Gasteiger partial charge on any atom is -0.463 e. The average molecular weight is 201 g/mol. The Labute approximate surface area is 83.9 Å². The predicted molar refractivity (Wildman–Crippen MR) is 54.4 cm³/mol. The zero-order valence-electron chi connectivity index (χ0n) is 7.65. The van der Waals surface area contributed by atoms with Gasteiger partial charge in [-0.15, -0.1) is 0 Å². The van der Waals surface area contributed by atoms with Gasteiger partial charge in [-0.25, -0.2) is 4.98 Å². The van der Waals surface area contributed by atoms with E-state index >= 15 is 0 Å². The quantitative estimate of drug-likeness (QED) is 0.624. The van der Waals surface area contributed by atoms with Gasteiger partial charge >= 0.3 is 0 Å². The Morgan fingerprint density at radius 1 is 1.53 bits per heavy atom. The Morgan fingerprint density at radius 2 is 2.40 bits per heavy atom. The molecule has 0 spiro atoms. The van der Waals surface area contributed by atoms with E-state index in [1.165, 1.54) is 6.26 Å². The molecule has 0 radical (unpaired) electrons. The van der Waals surface area contributed by atoms with Crippen molar-refractivity contribution in [3.8, 4) is 0 Å². The lowest BCUT2D eigenvalue weighted by molar-refractivity contribution is 0.100. The van der Waals surface area contributed by atoms with Crippen LogP contribution in [-0.4, -0.2) is 15.9 Å². The van der Waals surface area contributed by atoms with Crippen molar-refractivity contribution in [2.75, 3.05) is 0 Å². The molecule has 0 unspecified atom stereocenters. The number of imidazole rings is 1. The average Bonchev–Trinajstić information content (AvgIpc) is 2.83. The number of aromatic amines is 1. The Bertz CT molecular complexity index is 665. The fraction of sp³-hybridized carbons (Fsp3) is 0. The molecule has 5 nitrogen and oxygen atoms in total. The minimum absolute atomic E-state index is 0.356. The van der Waals surface area contributed by atoms with E-state index in [4.69, 9.17) is 10.2 Å². The molecule has 0 aliphatic carbocycles. The first-order valence-electron chi connectivity index (χ1n) is 4.40. The Balaban J connectivity index is 2.59. The summed E-state index contributed by atoms with van der Waals surface area (Å²) in [6, 6.07) is 3.41. The van der Waals surface area contributed by atoms with Crippen LogP contribution in [0.3, 0.4) is 0 Å². The van der Waals surface area contributed by atoms with E-state index in [9.17, 15) is 4.79 Å². The van der Waals surface area contributed by atoms with E-state index in [1.54, 1.807) is 18.5 Å². The van der Waals surface area contributed by atoms with Crippen LogP contribution in [-0.2, 0) is 0 Å². The summed E-state index contributed by atoms with van der Waals surface area (Å²) in [4.78, 5) is 18.3. The molecular weight excluding hydrogens is 194 g/mol. The molecule has 0 atom stereocenters. The first-order valence-corrected chi connectivity index (χ1v) is 4.40. The topological polar surface area (TPSA) is 84.9 Å². The van der Waals surface area contributed by atoms with Gasteiger partial charge in [0.15, 0.2) is 0 Å². The molecule has 0 saturated heterocycles. The second-order valence-corrected chi connectivity index (χ2v) is 3.25. The highest BCUT2D eigenvalue weighted by Crippen LogP contribution is 2.27. The number of hydrogen-bond acceptors (Lipinski definition) is 3. The molecule has 3 N–H and O–H groups in total. The normalized spacial score (nSPS) is 11.2. The molecule has 0 fully saturated rings. The number of nitrogens with one attached hydrogen (secondary N) is 1. The third-order valence-electron chi connectivity index (χ3n) is 2.39. The van der Waals surface area contributed by atoms with Crippen molar-refractivity contribution in [3.05, 3.63) is 30.3 Å². The molecule has 2 aromatic heterocycles. The van der Waals surface area contributed by atoms with Crippen LogP contribution in [0.2, 0.25) is 0 Å². The van der Waals surface area contributed by atoms with Gasteiger partial charge < -0.3 is 15.1 Å². The van der Waals surface area contributed by atoms with Crippen LogP contribution in [0.4, 0.5) is 0 Å². The number of carbonyl (C=O) groups excluding carboxylic acids is 1. The highest BCUT2D eigenvalue weighted by Gasteiger charge is 2.14. The second-order valence-electron chi connectivity index (χ2n) is 3.25. The molecular formula is C10H7N3O2. The van der Waals surface area contributed by atoms with Crippen LogP contribution in [0.25, 0.3) is 22.0 Å². The van der Waals surface area contributed by atoms with E-state index < -0.39 is 5.91 Å². The summed E-state index contributed by atoms with van der Waals surface area (Å²) in [6.45, 7) is 0. The lowest BCUT2D eigenvalue weighted by Crippen LogP contribution is -2.11. The van der Waals surface area contributed by atoms with Crippen molar-refractivity contribution < 1.29 is 9.21 Å². The molecule has 0 aliphatic heterocycles. The van der Waals surface area contributed by atoms with Crippen molar-refractivity contribution in [1.82, 2.24) is 9.97 Å². The van der Waals surface area contributed by atoms with E-state index in [0.29, 0.717) is 16.7 Å². The molecule has 0 saturated carbocycles. The number of benzene rings is 1. The van der Waals surface area contributed by atoms with E-state index in [1.807, 2.05) is 0 Å². The Morgan fingerprint density at radius 3 is 3.20 bits per heavy atom. The van der Waals surface area contributed by atoms with Crippen LogP contribution < -0.4 is 5.73 Å². The van der Waals surface area contributed by atoms with Crippen LogP contribution >= 0.6 is 0 Å². The molecule has 0 aliphatic rings. The minimum atomic E-state index is -0.514. The van der Waals surface area contributed by atoms with E-state index in [2.05, 4.69) is 9.97 Å². The van der Waals surface area contributed by atoms with Gasteiger partial charge in [-0.1, -0.05) is 0 Å². The van der Waals surface area contributed by atoms with E-state index in [-0.39, 0.29) is 0 Å². The number of nitrogens with two attached hydrogens (primary N) is 1. The van der Waals surface area contributed by atoms with Crippen LogP contribution in [0.1, 0.15) is 10.4 Å². The zero-order valence-corrected chi connectivity index (χ0v) is 7.65. The number of rotatable bonds is 1. The number of primary amides is 1. The Hall–Kier alpha value is -2.30. The van der Waals surface area contributed by atoms with Gasteiger partial charge in [0.05, 0.1) is 29.2 Å². The molecule has 0 bridgehead atoms. The monoisotopic (exact) mass is 201 g/mol. The van der Waals surface area contributed by atoms with Gasteiger partial charge in [0.25, 0.3) is 5.91 Å². The number of hydrogen-bond donors (Lipinski definition) is 2. The van der Waals surface area contributed by atoms with Gasteiger partial charge in [0, 0.05) is 5.39 Å². The number of fused-ring (bicyclic) bond motifs is 3. The standard InChI is InChI=1S/C10H7N3O2/c11-10(14)6-3-7-8(13-4-12-7)5-1-2-15-9(5)6/h1-4H,(H2,11,14)(H,12,13). The molecule has 3 rings (SSSR count). The third-order valence-corrected chi connectivity index (χ3v) is 2.39. The number of H-pyrrole nitrogens is 1. The summed E-state index contributed by atoms with van der Waals surface area (Å²) in [6.07, 6.45) is 3.10. The first-order chi connectivity index (χ1) is 7.27. The fourth-order valence-electron chi connectivity index (χ4n) is 1.73. The molecule has 5 heteroatoms. The van der Waals surface area contributed by atoms with Crippen LogP contribution in [0, 0.1) is 0 Å². The SMILES string of the molecule is NC(=O)c1cc2nc[nH]c2c2ccoc12. The highest BCUT2D eigenvalue weighted by atomic mass is 16.3. The molecule has 74 valence electrons. The number of aromatic nitrogens is 2. The van der Waals surface area contributed by atoms with Gasteiger partial charge in [-0.3, -0.25) is 4.79 Å². The van der Waals surface area contributed by atoms with Crippen molar-refractivity contribution in [1.29, 1.82) is 0 Å². The maximum Gasteiger partial charge on any atom is 0.252 e. The van der Waals surface area contributed by atoms with E-state index in [0.717, 1.165) is 10.9 Å². The van der Waals surface area contributed by atoms with Crippen molar-refractivity contribution >= 4 is 27.9 Å². The summed E-state index contributed by atoms with van der Waals surface area (Å²) in [5, 5.41) is 0.818. The predicted octanol–water partition coefficient (Wildman–Crippen LogP) is 1.41. The number of amides is 1. The molecule has 15 heavy (non-hydrogen) atoms. The van der Waals surface area contributed by atoms with Gasteiger partial charge in [-0.05, 0) is 12.1 Å². The van der Waals surface area contributed by atoms with Crippen molar-refractivity contribution in [2.24, 2.45) is 5.73 Å². The molecule has 3 aromatic rings. The molecule has 1 amide bonds. The van der Waals surface area contributed by atoms with Gasteiger partial charge in [0.2, 0.25) is 0 Å². The molecule has 1 aromatic carbocycles. The summed E-state index contributed by atoms with van der Waals surface area (Å²) in [5.74, 6) is -0.514. The zero-order chi connectivity index (χ0) is 10.4. The maximum absolute atomic E-state index is 11.2. The largest absolute Gasteiger partial charge is 0.463 e. The lowest BCUT2D eigenvalue weighted by Gasteiger charge is -1.97. The maximum atomic E-state index is 11.2. The van der Waals surface area contributed by atoms with Crippen molar-refractivity contribution in [3.63, 3.8) is 0 Å². The highest BCUT2D eigenvalue weighted by molar-refractivity contribution is 6.12. The summed E-state index contributed by atoms with van der Waals surface area (Å²) in [7, 11) is 0. The summed E-state index contributed by atoms with van der Waals surface area (Å²) < 4.78 is 5.24. The number of nitrogens with zero attached hydrogens (tertiary/aromatic N) is 1. The lowest BCUT2D eigenvalue weighted by atomic mass is 10.1. The molecule has 2 heterocycles. The number of furan rings is 1. The summed E-state index contributed by atoms with van der Waals surface area (Å²) >= 11 is 0.